The van der Waals surface area contributed by atoms with Crippen LogP contribution in [0, 0.1) is 23.5 Å². The molecule has 1 heterocycles. The molecule has 0 bridgehead atoms. The van der Waals surface area contributed by atoms with Crippen LogP contribution < -0.4 is 9.64 Å². The number of hydrogen-bond donors (Lipinski definition) is 2. The van der Waals surface area contributed by atoms with Crippen molar-refractivity contribution in [3.8, 4) is 15.5 Å². The normalized spacial score (nSPS) is 25.1. The Bertz CT molecular complexity index is 1040. The van der Waals surface area contributed by atoms with Gasteiger partial charge in [-0.1, -0.05) is 24.3 Å². The van der Waals surface area contributed by atoms with Crippen LogP contribution in [0.25, 0.3) is 10.4 Å². The van der Waals surface area contributed by atoms with Crippen molar-refractivity contribution in [3.05, 3.63) is 35.9 Å². The molecule has 2 N–H and O–H groups in total. The summed E-state index contributed by atoms with van der Waals surface area (Å²) in [5, 5.41) is 19.4. The van der Waals surface area contributed by atoms with Crippen molar-refractivity contribution < 1.29 is 33.3 Å². The molecule has 2 aliphatic rings. The summed E-state index contributed by atoms with van der Waals surface area (Å²) in [7, 11) is 0. The van der Waals surface area contributed by atoms with Crippen molar-refractivity contribution >= 4 is 29.1 Å². The minimum absolute atomic E-state index is 0.0240. The maximum Gasteiger partial charge on any atom is 0.512 e. The molecule has 0 radical (unpaired) electrons. The maximum atomic E-state index is 13.9. The molecular weight excluding hydrogens is 464 g/mol. The van der Waals surface area contributed by atoms with Crippen molar-refractivity contribution in [2.45, 2.75) is 70.4 Å². The fraction of sp³-hybridized carbons (Fsp3) is 0.520. The number of carbonyl (C=O) groups excluding carboxylic acids is 1. The Labute approximate surface area is 201 Å². The molecule has 6 nitrogen and oxygen atoms in total. The van der Waals surface area contributed by atoms with Gasteiger partial charge in [-0.2, -0.15) is 0 Å². The molecular formula is C25H29F2NO5S. The first kappa shape index (κ1) is 24.6. The van der Waals surface area contributed by atoms with Crippen molar-refractivity contribution in [2.24, 2.45) is 11.8 Å². The first-order chi connectivity index (χ1) is 16.2. The highest BCUT2D eigenvalue weighted by Gasteiger charge is 2.37. The molecule has 0 unspecified atom stereocenters. The molecule has 1 aromatic carbocycles. The van der Waals surface area contributed by atoms with Gasteiger partial charge in [-0.05, 0) is 81.0 Å². The van der Waals surface area contributed by atoms with Gasteiger partial charge < -0.3 is 19.8 Å². The molecule has 1 aromatic heterocycles. The topological polar surface area (TPSA) is 87.1 Å². The molecule has 34 heavy (non-hydrogen) atoms. The highest BCUT2D eigenvalue weighted by Crippen LogP contribution is 2.46. The lowest BCUT2D eigenvalue weighted by Crippen LogP contribution is -2.46. The van der Waals surface area contributed by atoms with Gasteiger partial charge in [0.1, 0.15) is 0 Å². The van der Waals surface area contributed by atoms with Gasteiger partial charge in [-0.15, -0.1) is 0 Å². The van der Waals surface area contributed by atoms with Crippen LogP contribution in [-0.2, 0) is 4.79 Å². The number of carboxylic acid groups (broad SMARTS) is 1. The van der Waals surface area contributed by atoms with Crippen LogP contribution in [0.1, 0.15) is 58.3 Å². The molecule has 1 amide bonds. The van der Waals surface area contributed by atoms with Gasteiger partial charge in [0.2, 0.25) is 11.0 Å². The smallest absolute Gasteiger partial charge is 0.449 e. The number of aliphatic hydroxyl groups excluding tert-OH is 1. The fourth-order valence-corrected chi connectivity index (χ4v) is 5.98. The Morgan fingerprint density at radius 3 is 2.29 bits per heavy atom. The van der Waals surface area contributed by atoms with Crippen molar-refractivity contribution in [3.63, 3.8) is 0 Å². The quantitative estimate of drug-likeness (QED) is 0.484. The Hall–Kier alpha value is -2.52. The zero-order chi connectivity index (χ0) is 24.4. The second-order valence-corrected chi connectivity index (χ2v) is 10.4. The van der Waals surface area contributed by atoms with E-state index < -0.39 is 23.9 Å². The van der Waals surface area contributed by atoms with E-state index in [1.807, 2.05) is 0 Å². The summed E-state index contributed by atoms with van der Waals surface area (Å²) in [5.74, 6) is -1.68. The number of benzene rings is 1. The van der Waals surface area contributed by atoms with E-state index in [4.69, 9.17) is 4.74 Å². The van der Waals surface area contributed by atoms with Crippen molar-refractivity contribution in [1.29, 1.82) is 0 Å². The molecule has 2 aromatic rings. The van der Waals surface area contributed by atoms with E-state index in [2.05, 4.69) is 6.92 Å². The summed E-state index contributed by atoms with van der Waals surface area (Å²) >= 11 is 0.977. The summed E-state index contributed by atoms with van der Waals surface area (Å²) in [6, 6.07) is 4.88. The van der Waals surface area contributed by atoms with Crippen LogP contribution in [0.3, 0.4) is 0 Å². The number of hydrogen-bond acceptors (Lipinski definition) is 5. The highest BCUT2D eigenvalue weighted by molar-refractivity contribution is 7.18. The summed E-state index contributed by atoms with van der Waals surface area (Å²) in [4.78, 5) is 27.4. The van der Waals surface area contributed by atoms with Gasteiger partial charge in [0.25, 0.3) is 0 Å². The minimum atomic E-state index is -1.52. The molecule has 2 saturated carbocycles. The molecule has 4 rings (SSSR count). The molecule has 2 aliphatic carbocycles. The number of rotatable bonds is 5. The zero-order valence-electron chi connectivity index (χ0n) is 19.0. The number of amides is 1. The SMILES string of the molecule is CC1CCC(C(=O)N(c2cc(-c3ccc(F)c(F)c3)sc2OC(=O)O)C2CCC(O)CC2)CC1. The number of nitrogens with zero attached hydrogens (tertiary/aromatic N) is 1. The number of halogens is 2. The van der Waals surface area contributed by atoms with Crippen LogP contribution in [0.2, 0.25) is 0 Å². The van der Waals surface area contributed by atoms with Gasteiger partial charge in [0, 0.05) is 16.8 Å². The fourth-order valence-electron chi connectivity index (χ4n) is 4.99. The Balaban J connectivity index is 1.75. The Kier molecular flexibility index (Phi) is 7.52. The standard InChI is InChI=1S/C25H29F2NO5S/c1-14-2-4-15(5-3-14)23(30)28(17-7-9-18(29)10-8-17)21-13-22(34-24(21)33-25(31)32)16-6-11-19(26)20(27)12-16/h6,11-15,17-18,29H,2-5,7-10H2,1H3,(H,31,32). The van der Waals surface area contributed by atoms with Crippen LogP contribution in [-0.4, -0.2) is 34.4 Å². The van der Waals surface area contributed by atoms with E-state index in [0.29, 0.717) is 47.7 Å². The van der Waals surface area contributed by atoms with Gasteiger partial charge in [-0.3, -0.25) is 4.79 Å². The van der Waals surface area contributed by atoms with Gasteiger partial charge in [0.15, 0.2) is 11.6 Å². The Morgan fingerprint density at radius 1 is 1.00 bits per heavy atom. The lowest BCUT2D eigenvalue weighted by molar-refractivity contribution is -0.124. The molecule has 0 aliphatic heterocycles. The van der Waals surface area contributed by atoms with Crippen LogP contribution >= 0.6 is 11.3 Å². The minimum Gasteiger partial charge on any atom is -0.449 e. The van der Waals surface area contributed by atoms with Gasteiger partial charge >= 0.3 is 6.16 Å². The van der Waals surface area contributed by atoms with Crippen molar-refractivity contribution in [1.82, 2.24) is 0 Å². The third-order valence-electron chi connectivity index (χ3n) is 6.96. The van der Waals surface area contributed by atoms with Crippen LogP contribution in [0.5, 0.6) is 5.06 Å². The number of anilines is 1. The lowest BCUT2D eigenvalue weighted by Gasteiger charge is -2.38. The zero-order valence-corrected chi connectivity index (χ0v) is 19.8. The first-order valence-electron chi connectivity index (χ1n) is 11.7. The summed E-state index contributed by atoms with van der Waals surface area (Å²) in [6.45, 7) is 2.17. The maximum absolute atomic E-state index is 13.9. The average Bonchev–Trinajstić information content (AvgIpc) is 3.20. The van der Waals surface area contributed by atoms with E-state index in [1.165, 1.54) is 6.07 Å². The Morgan fingerprint density at radius 2 is 1.68 bits per heavy atom. The largest absolute Gasteiger partial charge is 0.512 e. The second kappa shape index (κ2) is 10.4. The average molecular weight is 494 g/mol. The first-order valence-corrected chi connectivity index (χ1v) is 12.6. The molecule has 184 valence electrons. The molecule has 2 fully saturated rings. The third-order valence-corrected chi connectivity index (χ3v) is 8.01. The number of aliphatic hydroxyl groups is 1. The third kappa shape index (κ3) is 5.41. The van der Waals surface area contributed by atoms with Gasteiger partial charge in [0.05, 0.1) is 11.8 Å². The molecule has 0 saturated heterocycles. The van der Waals surface area contributed by atoms with Crippen molar-refractivity contribution in [2.75, 3.05) is 4.90 Å². The van der Waals surface area contributed by atoms with E-state index in [-0.39, 0.29) is 22.9 Å². The second-order valence-electron chi connectivity index (χ2n) is 9.41. The van der Waals surface area contributed by atoms with E-state index in [1.54, 1.807) is 11.0 Å². The summed E-state index contributed by atoms with van der Waals surface area (Å²) < 4.78 is 32.4. The van der Waals surface area contributed by atoms with Gasteiger partial charge in [-0.25, -0.2) is 13.6 Å². The molecule has 0 spiro atoms. The summed E-state index contributed by atoms with van der Waals surface area (Å²) in [6.07, 6.45) is 3.76. The van der Waals surface area contributed by atoms with E-state index in [9.17, 15) is 28.6 Å². The highest BCUT2D eigenvalue weighted by atomic mass is 32.1. The summed E-state index contributed by atoms with van der Waals surface area (Å²) in [5.41, 5.74) is 0.695. The predicted molar refractivity (Wildman–Crippen MR) is 125 cm³/mol. The monoisotopic (exact) mass is 493 g/mol. The number of ether oxygens (including phenoxy) is 1. The van der Waals surface area contributed by atoms with Crippen LogP contribution in [0.4, 0.5) is 19.3 Å². The molecule has 9 heteroatoms. The van der Waals surface area contributed by atoms with E-state index in [0.717, 1.165) is 49.2 Å². The van der Waals surface area contributed by atoms with Crippen LogP contribution in [0.15, 0.2) is 24.3 Å². The van der Waals surface area contributed by atoms with E-state index >= 15 is 0 Å². The number of carbonyl (C=O) groups is 2. The number of thiophene rings is 1. The molecule has 0 atom stereocenters. The predicted octanol–water partition coefficient (Wildman–Crippen LogP) is 6.21. The lowest BCUT2D eigenvalue weighted by atomic mass is 9.81.